The average Bonchev–Trinajstić information content (AvgIpc) is 3.21. The number of hydrogen-bond acceptors (Lipinski definition) is 6. The molecule has 214 valence electrons. The normalized spacial score (nSPS) is 14.0. The van der Waals surface area contributed by atoms with Crippen LogP contribution < -0.4 is 9.80 Å². The summed E-state index contributed by atoms with van der Waals surface area (Å²) in [6, 6.07) is 12.7. The number of hydrogen-bond donors (Lipinski definition) is 0. The summed E-state index contributed by atoms with van der Waals surface area (Å²) in [4.78, 5) is 5.03. The largest absolute Gasteiger partial charge is 0.480 e. The molecule has 0 bridgehead atoms. The summed E-state index contributed by atoms with van der Waals surface area (Å²) in [5, 5.41) is 28.8. The Morgan fingerprint density at radius 1 is 0.800 bits per heavy atom. The zero-order valence-electron chi connectivity index (χ0n) is 25.5. The molecule has 0 atom stereocenters. The molecular formula is C34H47N5O. The van der Waals surface area contributed by atoms with Gasteiger partial charge in [0.25, 0.3) is 0 Å². The Morgan fingerprint density at radius 2 is 1.32 bits per heavy atom. The SMILES string of the molecule is CCCCN(CCCC)c1ccc(/C=C/C2=C(C#N)C(=C(C#N)C#N)OC2(C)C)c(N(CCCC)CCCC)c1. The highest BCUT2D eigenvalue weighted by Gasteiger charge is 2.38. The van der Waals surface area contributed by atoms with Gasteiger partial charge < -0.3 is 14.5 Å². The molecular weight excluding hydrogens is 494 g/mol. The zero-order valence-corrected chi connectivity index (χ0v) is 25.5. The number of anilines is 2. The van der Waals surface area contributed by atoms with Crippen molar-refractivity contribution in [2.24, 2.45) is 0 Å². The van der Waals surface area contributed by atoms with E-state index in [1.54, 1.807) is 0 Å². The molecule has 6 heteroatoms. The monoisotopic (exact) mass is 541 g/mol. The number of unbranched alkanes of at least 4 members (excludes halogenated alkanes) is 4. The Morgan fingerprint density at radius 3 is 1.80 bits per heavy atom. The Balaban J connectivity index is 2.67. The molecule has 1 aromatic rings. The predicted molar refractivity (Wildman–Crippen MR) is 166 cm³/mol. The molecule has 0 N–H and O–H groups in total. The number of nitrogens with zero attached hydrogens (tertiary/aromatic N) is 5. The van der Waals surface area contributed by atoms with Gasteiger partial charge in [-0.1, -0.05) is 71.6 Å². The smallest absolute Gasteiger partial charge is 0.172 e. The van der Waals surface area contributed by atoms with E-state index in [0.717, 1.165) is 57.4 Å². The number of benzene rings is 1. The number of allylic oxidation sites excluding steroid dienone is 2. The fraction of sp³-hybridized carbons (Fsp3) is 0.559. The van der Waals surface area contributed by atoms with Crippen LogP contribution in [-0.4, -0.2) is 31.8 Å². The van der Waals surface area contributed by atoms with Crippen molar-refractivity contribution in [1.29, 1.82) is 15.8 Å². The van der Waals surface area contributed by atoms with Crippen molar-refractivity contribution in [2.75, 3.05) is 36.0 Å². The van der Waals surface area contributed by atoms with Gasteiger partial charge in [-0.25, -0.2) is 0 Å². The van der Waals surface area contributed by atoms with Crippen molar-refractivity contribution >= 4 is 17.5 Å². The highest BCUT2D eigenvalue weighted by atomic mass is 16.5. The lowest BCUT2D eigenvalue weighted by molar-refractivity contribution is 0.0954. The lowest BCUT2D eigenvalue weighted by Gasteiger charge is -2.30. The van der Waals surface area contributed by atoms with Crippen LogP contribution in [0.15, 0.2) is 46.8 Å². The summed E-state index contributed by atoms with van der Waals surface area (Å²) in [5.74, 6) is 0.0720. The molecule has 40 heavy (non-hydrogen) atoms. The minimum Gasteiger partial charge on any atom is -0.480 e. The van der Waals surface area contributed by atoms with Crippen molar-refractivity contribution < 1.29 is 4.74 Å². The van der Waals surface area contributed by atoms with E-state index in [4.69, 9.17) is 4.74 Å². The first-order chi connectivity index (χ1) is 19.3. The molecule has 2 rings (SSSR count). The van der Waals surface area contributed by atoms with Gasteiger partial charge in [0.05, 0.1) is 0 Å². The summed E-state index contributed by atoms with van der Waals surface area (Å²) < 4.78 is 5.98. The summed E-state index contributed by atoms with van der Waals surface area (Å²) in [6.07, 6.45) is 13.2. The molecule has 1 aliphatic heterocycles. The minimum atomic E-state index is -0.836. The van der Waals surface area contributed by atoms with E-state index < -0.39 is 5.60 Å². The van der Waals surface area contributed by atoms with Crippen molar-refractivity contribution in [1.82, 2.24) is 0 Å². The maximum atomic E-state index is 9.96. The number of ether oxygens (including phenoxy) is 1. The van der Waals surface area contributed by atoms with Gasteiger partial charge in [-0.2, -0.15) is 15.8 Å². The predicted octanol–water partition coefficient (Wildman–Crippen LogP) is 8.44. The molecule has 1 aliphatic rings. The molecule has 0 radical (unpaired) electrons. The van der Waals surface area contributed by atoms with Gasteiger partial charge in [0, 0.05) is 43.1 Å². The number of rotatable bonds is 16. The molecule has 0 fully saturated rings. The molecule has 0 saturated carbocycles. The summed E-state index contributed by atoms with van der Waals surface area (Å²) in [5.41, 5.74) is 3.45. The van der Waals surface area contributed by atoms with Crippen LogP contribution >= 0.6 is 0 Å². The second-order valence-electron chi connectivity index (χ2n) is 10.9. The topological polar surface area (TPSA) is 87.1 Å². The van der Waals surface area contributed by atoms with Crippen LogP contribution in [0.1, 0.15) is 98.5 Å². The summed E-state index contributed by atoms with van der Waals surface area (Å²) >= 11 is 0. The first kappa shape index (κ1) is 32.5. The van der Waals surface area contributed by atoms with Crippen molar-refractivity contribution in [2.45, 2.75) is 98.5 Å². The van der Waals surface area contributed by atoms with E-state index in [1.165, 1.54) is 37.1 Å². The fourth-order valence-corrected chi connectivity index (χ4v) is 4.92. The van der Waals surface area contributed by atoms with Crippen LogP contribution in [0.5, 0.6) is 0 Å². The van der Waals surface area contributed by atoms with E-state index in [-0.39, 0.29) is 16.9 Å². The maximum Gasteiger partial charge on any atom is 0.172 e. The highest BCUT2D eigenvalue weighted by Crippen LogP contribution is 2.41. The zero-order chi connectivity index (χ0) is 29.5. The van der Waals surface area contributed by atoms with Crippen LogP contribution in [0.2, 0.25) is 0 Å². The van der Waals surface area contributed by atoms with E-state index >= 15 is 0 Å². The van der Waals surface area contributed by atoms with E-state index in [1.807, 2.05) is 32.1 Å². The third kappa shape index (κ3) is 8.40. The maximum absolute atomic E-state index is 9.96. The number of nitriles is 3. The van der Waals surface area contributed by atoms with Gasteiger partial charge in [0.1, 0.15) is 29.4 Å². The molecule has 0 amide bonds. The van der Waals surface area contributed by atoms with Gasteiger partial charge in [0.15, 0.2) is 11.3 Å². The van der Waals surface area contributed by atoms with E-state index in [0.29, 0.717) is 5.57 Å². The van der Waals surface area contributed by atoms with Crippen molar-refractivity contribution in [3.63, 3.8) is 0 Å². The molecule has 6 nitrogen and oxygen atoms in total. The fourth-order valence-electron chi connectivity index (χ4n) is 4.92. The van der Waals surface area contributed by atoms with Crippen LogP contribution in [0, 0.1) is 34.0 Å². The molecule has 1 heterocycles. The van der Waals surface area contributed by atoms with Crippen molar-refractivity contribution in [3.8, 4) is 18.2 Å². The summed E-state index contributed by atoms with van der Waals surface area (Å²) in [6.45, 7) is 16.7. The third-order valence-corrected chi connectivity index (χ3v) is 7.34. The van der Waals surface area contributed by atoms with Crippen LogP contribution in [0.3, 0.4) is 0 Å². The molecule has 0 unspecified atom stereocenters. The highest BCUT2D eigenvalue weighted by molar-refractivity contribution is 5.75. The van der Waals surface area contributed by atoms with Gasteiger partial charge in [0.2, 0.25) is 0 Å². The summed E-state index contributed by atoms with van der Waals surface area (Å²) in [7, 11) is 0. The van der Waals surface area contributed by atoms with E-state index in [2.05, 4.69) is 67.8 Å². The van der Waals surface area contributed by atoms with Gasteiger partial charge in [-0.3, -0.25) is 0 Å². The Labute approximate surface area is 242 Å². The molecule has 0 aromatic heterocycles. The Kier molecular flexibility index (Phi) is 13.4. The quantitative estimate of drug-likeness (QED) is 0.195. The first-order valence-electron chi connectivity index (χ1n) is 15.0. The molecule has 0 saturated heterocycles. The first-order valence-corrected chi connectivity index (χ1v) is 15.0. The van der Waals surface area contributed by atoms with Gasteiger partial charge >= 0.3 is 0 Å². The van der Waals surface area contributed by atoms with Crippen LogP contribution in [-0.2, 0) is 4.74 Å². The minimum absolute atomic E-state index is 0.0720. The molecule has 1 aromatic carbocycles. The Hall–Kier alpha value is -3.69. The van der Waals surface area contributed by atoms with Gasteiger partial charge in [-0.15, -0.1) is 0 Å². The van der Waals surface area contributed by atoms with Crippen LogP contribution in [0.25, 0.3) is 6.08 Å². The van der Waals surface area contributed by atoms with Crippen LogP contribution in [0.4, 0.5) is 11.4 Å². The van der Waals surface area contributed by atoms with E-state index in [9.17, 15) is 15.8 Å². The second kappa shape index (κ2) is 16.4. The standard InChI is InChI=1S/C34H47N5O/c1-7-11-19-38(20-12-8-2)29-17-15-27(32(23-29)39(21-13-9-3)22-14-10-4)16-18-31-30(26-37)33(28(24-35)25-36)40-34(31,5)6/h15-18,23H,7-14,19-22H2,1-6H3/b18-16+. The average molecular weight is 542 g/mol. The lowest BCUT2D eigenvalue weighted by atomic mass is 9.94. The third-order valence-electron chi connectivity index (χ3n) is 7.34. The molecule has 0 spiro atoms. The Bertz CT molecular complexity index is 1170. The lowest BCUT2D eigenvalue weighted by Crippen LogP contribution is -2.28. The second-order valence-corrected chi connectivity index (χ2v) is 10.9. The molecule has 0 aliphatic carbocycles. The van der Waals surface area contributed by atoms with Crippen molar-refractivity contribution in [3.05, 3.63) is 52.3 Å². The van der Waals surface area contributed by atoms with Gasteiger partial charge in [-0.05, 0) is 57.2 Å².